The van der Waals surface area contributed by atoms with Crippen LogP contribution in [0.2, 0.25) is 0 Å². The quantitative estimate of drug-likeness (QED) is 0.433. The maximum atomic E-state index is 5.18. The van der Waals surface area contributed by atoms with Crippen LogP contribution in [0.25, 0.3) is 0 Å². The molecule has 5 heteroatoms. The van der Waals surface area contributed by atoms with Crippen molar-refractivity contribution >= 4 is 5.82 Å². The van der Waals surface area contributed by atoms with Gasteiger partial charge in [-0.25, -0.2) is 5.84 Å². The predicted molar refractivity (Wildman–Crippen MR) is 42.3 cm³/mol. The summed E-state index contributed by atoms with van der Waals surface area (Å²) in [7, 11) is 1.59. The highest BCUT2D eigenvalue weighted by molar-refractivity contribution is 5.51. The fourth-order valence-electron chi connectivity index (χ4n) is 0.925. The summed E-state index contributed by atoms with van der Waals surface area (Å²) in [5.41, 5.74) is 3.38. The second kappa shape index (κ2) is 3.25. The van der Waals surface area contributed by atoms with Gasteiger partial charge in [0.1, 0.15) is 0 Å². The fourth-order valence-corrected chi connectivity index (χ4v) is 0.925. The molecular weight excluding hydrogens is 144 g/mol. The summed E-state index contributed by atoms with van der Waals surface area (Å²) >= 11 is 0. The van der Waals surface area contributed by atoms with Crippen molar-refractivity contribution in [2.45, 2.75) is 13.3 Å². The van der Waals surface area contributed by atoms with Crippen molar-refractivity contribution in [3.8, 4) is 5.75 Å². The van der Waals surface area contributed by atoms with E-state index in [4.69, 9.17) is 10.6 Å². The second-order valence-corrected chi connectivity index (χ2v) is 2.08. The number of nitrogens with zero attached hydrogens (tertiary/aromatic N) is 1. The number of nitrogens with one attached hydrogen (secondary N) is 2. The van der Waals surface area contributed by atoms with E-state index in [9.17, 15) is 0 Å². The van der Waals surface area contributed by atoms with Crippen LogP contribution in [-0.2, 0) is 6.42 Å². The molecule has 0 saturated carbocycles. The van der Waals surface area contributed by atoms with Crippen LogP contribution in [0.1, 0.15) is 12.6 Å². The molecule has 1 heterocycles. The molecule has 0 bridgehead atoms. The molecule has 11 heavy (non-hydrogen) atoms. The van der Waals surface area contributed by atoms with Gasteiger partial charge in [-0.3, -0.25) is 5.10 Å². The lowest BCUT2D eigenvalue weighted by atomic mass is 10.3. The molecule has 0 aliphatic rings. The van der Waals surface area contributed by atoms with Crippen molar-refractivity contribution in [1.29, 1.82) is 0 Å². The first-order valence-electron chi connectivity index (χ1n) is 3.41. The number of ether oxygens (including phenoxy) is 1. The van der Waals surface area contributed by atoms with Gasteiger partial charge < -0.3 is 10.2 Å². The minimum Gasteiger partial charge on any atom is -0.491 e. The summed E-state index contributed by atoms with van der Waals surface area (Å²) in [5.74, 6) is 6.42. The molecule has 0 atom stereocenters. The van der Waals surface area contributed by atoms with Crippen LogP contribution in [-0.4, -0.2) is 17.3 Å². The van der Waals surface area contributed by atoms with Crippen LogP contribution in [0.3, 0.4) is 0 Å². The number of aryl methyl sites for hydroxylation is 1. The molecule has 62 valence electrons. The molecule has 0 fully saturated rings. The standard InChI is InChI=1S/C6H12N4O/c1-3-4-5(11-2)6(8-7)10-9-4/h3,7H2,1-2H3,(H2,8,9,10). The Morgan fingerprint density at radius 2 is 2.45 bits per heavy atom. The zero-order chi connectivity index (χ0) is 8.27. The van der Waals surface area contributed by atoms with E-state index >= 15 is 0 Å². The molecule has 0 radical (unpaired) electrons. The third-order valence-corrected chi connectivity index (χ3v) is 1.49. The van der Waals surface area contributed by atoms with E-state index in [1.165, 1.54) is 0 Å². The van der Waals surface area contributed by atoms with Crippen LogP contribution in [0.5, 0.6) is 5.75 Å². The normalized spacial score (nSPS) is 9.73. The first-order chi connectivity index (χ1) is 5.33. The fraction of sp³-hybridized carbons (Fsp3) is 0.500. The average molecular weight is 156 g/mol. The van der Waals surface area contributed by atoms with E-state index in [1.54, 1.807) is 7.11 Å². The second-order valence-electron chi connectivity index (χ2n) is 2.08. The Kier molecular flexibility index (Phi) is 2.32. The van der Waals surface area contributed by atoms with Crippen molar-refractivity contribution in [2.75, 3.05) is 12.5 Å². The number of nitrogens with two attached hydrogens (primary N) is 1. The minimum absolute atomic E-state index is 0.546. The van der Waals surface area contributed by atoms with Gasteiger partial charge in [-0.1, -0.05) is 6.92 Å². The summed E-state index contributed by atoms with van der Waals surface area (Å²) in [4.78, 5) is 0. The van der Waals surface area contributed by atoms with E-state index < -0.39 is 0 Å². The number of hydrogen-bond donors (Lipinski definition) is 3. The lowest BCUT2D eigenvalue weighted by Crippen LogP contribution is -2.08. The highest BCUT2D eigenvalue weighted by atomic mass is 16.5. The number of methoxy groups -OCH3 is 1. The Labute approximate surface area is 64.9 Å². The van der Waals surface area contributed by atoms with Crippen LogP contribution < -0.4 is 16.0 Å². The molecule has 0 aliphatic carbocycles. The topological polar surface area (TPSA) is 76.0 Å². The van der Waals surface area contributed by atoms with Gasteiger partial charge in [0, 0.05) is 0 Å². The largest absolute Gasteiger partial charge is 0.491 e. The smallest absolute Gasteiger partial charge is 0.204 e. The predicted octanol–water partition coefficient (Wildman–Crippen LogP) is 0.266. The third kappa shape index (κ3) is 1.27. The van der Waals surface area contributed by atoms with Crippen LogP contribution in [0.4, 0.5) is 5.82 Å². The zero-order valence-electron chi connectivity index (χ0n) is 6.64. The Balaban J connectivity index is 2.99. The van der Waals surface area contributed by atoms with E-state index in [0.717, 1.165) is 12.1 Å². The summed E-state index contributed by atoms with van der Waals surface area (Å²) in [6.45, 7) is 2.01. The molecule has 0 aromatic carbocycles. The van der Waals surface area contributed by atoms with E-state index in [-0.39, 0.29) is 0 Å². The highest BCUT2D eigenvalue weighted by Gasteiger charge is 2.09. The summed E-state index contributed by atoms with van der Waals surface area (Å²) in [6.07, 6.45) is 0.845. The van der Waals surface area contributed by atoms with Gasteiger partial charge in [-0.2, -0.15) is 5.10 Å². The van der Waals surface area contributed by atoms with Gasteiger partial charge in [-0.15, -0.1) is 0 Å². The Morgan fingerprint density at radius 1 is 1.73 bits per heavy atom. The number of H-pyrrole nitrogens is 1. The number of aromatic amines is 1. The molecule has 1 aromatic rings. The number of hydrazine groups is 1. The number of hydrogen-bond acceptors (Lipinski definition) is 4. The molecule has 5 nitrogen and oxygen atoms in total. The van der Waals surface area contributed by atoms with Gasteiger partial charge in [0.2, 0.25) is 5.82 Å². The van der Waals surface area contributed by atoms with Gasteiger partial charge in [0.15, 0.2) is 5.75 Å². The van der Waals surface area contributed by atoms with Gasteiger partial charge in [-0.05, 0) is 6.42 Å². The zero-order valence-corrected chi connectivity index (χ0v) is 6.64. The first kappa shape index (κ1) is 7.87. The Bertz CT molecular complexity index is 211. The van der Waals surface area contributed by atoms with E-state index in [1.807, 2.05) is 6.92 Å². The van der Waals surface area contributed by atoms with Crippen molar-refractivity contribution < 1.29 is 4.74 Å². The number of aromatic nitrogens is 2. The minimum atomic E-state index is 0.546. The summed E-state index contributed by atoms with van der Waals surface area (Å²) in [6, 6.07) is 0. The molecule has 0 amide bonds. The van der Waals surface area contributed by atoms with Gasteiger partial charge in [0.05, 0.1) is 12.8 Å². The van der Waals surface area contributed by atoms with Gasteiger partial charge in [0.25, 0.3) is 0 Å². The molecule has 1 aromatic heterocycles. The molecule has 4 N–H and O–H groups in total. The summed E-state index contributed by atoms with van der Waals surface area (Å²) < 4.78 is 5.06. The SMILES string of the molecule is CCc1[nH]nc(NN)c1OC. The molecule has 1 rings (SSSR count). The van der Waals surface area contributed by atoms with E-state index in [0.29, 0.717) is 11.6 Å². The molecule has 0 unspecified atom stereocenters. The van der Waals surface area contributed by atoms with Crippen molar-refractivity contribution in [2.24, 2.45) is 5.84 Å². The lowest BCUT2D eigenvalue weighted by molar-refractivity contribution is 0.412. The van der Waals surface area contributed by atoms with Crippen molar-refractivity contribution in [3.63, 3.8) is 0 Å². The molecular formula is C6H12N4O. The summed E-state index contributed by atoms with van der Waals surface area (Å²) in [5, 5.41) is 6.70. The molecule has 0 saturated heterocycles. The number of nitrogen functional groups attached to an aromatic ring is 1. The van der Waals surface area contributed by atoms with Crippen molar-refractivity contribution in [3.05, 3.63) is 5.69 Å². The third-order valence-electron chi connectivity index (χ3n) is 1.49. The first-order valence-corrected chi connectivity index (χ1v) is 3.41. The Hall–Kier alpha value is -1.23. The lowest BCUT2D eigenvalue weighted by Gasteiger charge is -2.00. The molecule has 0 spiro atoms. The highest BCUT2D eigenvalue weighted by Crippen LogP contribution is 2.24. The van der Waals surface area contributed by atoms with Crippen LogP contribution in [0.15, 0.2) is 0 Å². The van der Waals surface area contributed by atoms with Gasteiger partial charge >= 0.3 is 0 Å². The maximum Gasteiger partial charge on any atom is 0.204 e. The number of rotatable bonds is 3. The molecule has 0 aliphatic heterocycles. The van der Waals surface area contributed by atoms with Crippen LogP contribution in [0, 0.1) is 0 Å². The number of anilines is 1. The van der Waals surface area contributed by atoms with Crippen molar-refractivity contribution in [1.82, 2.24) is 10.2 Å². The average Bonchev–Trinajstić information content (AvgIpc) is 2.45. The Morgan fingerprint density at radius 3 is 2.91 bits per heavy atom. The van der Waals surface area contributed by atoms with Crippen LogP contribution >= 0.6 is 0 Å². The van der Waals surface area contributed by atoms with E-state index in [2.05, 4.69) is 15.6 Å². The monoisotopic (exact) mass is 156 g/mol. The maximum absolute atomic E-state index is 5.18.